The van der Waals surface area contributed by atoms with Gasteiger partial charge >= 0.3 is 5.97 Å². The van der Waals surface area contributed by atoms with Crippen LogP contribution in [0.2, 0.25) is 0 Å². The van der Waals surface area contributed by atoms with Crippen LogP contribution < -0.4 is 5.56 Å². The van der Waals surface area contributed by atoms with E-state index in [1.165, 1.54) is 11.8 Å². The molecule has 2 atom stereocenters. The van der Waals surface area contributed by atoms with Gasteiger partial charge in [-0.2, -0.15) is 11.8 Å². The molecule has 3 rings (SSSR count). The summed E-state index contributed by atoms with van der Waals surface area (Å²) in [6.07, 6.45) is 0.969. The van der Waals surface area contributed by atoms with Crippen molar-refractivity contribution in [3.8, 4) is 0 Å². The Morgan fingerprint density at radius 3 is 2.89 bits per heavy atom. The highest BCUT2D eigenvalue weighted by atomic mass is 32.2. The number of aromatic amines is 1. The largest absolute Gasteiger partial charge is 0.481 e. The van der Waals surface area contributed by atoms with Gasteiger partial charge in [0.15, 0.2) is 0 Å². The van der Waals surface area contributed by atoms with E-state index >= 15 is 0 Å². The summed E-state index contributed by atoms with van der Waals surface area (Å²) in [6.45, 7) is 2.89. The van der Waals surface area contributed by atoms with Crippen LogP contribution >= 0.6 is 11.8 Å². The number of aromatic nitrogens is 2. The fourth-order valence-electron chi connectivity index (χ4n) is 3.42. The molecule has 1 aliphatic rings. The second kappa shape index (κ2) is 8.56. The minimum absolute atomic E-state index is 0.0136. The second-order valence-electron chi connectivity index (χ2n) is 7.01. The molecular formula is C19H23N3O4S. The maximum absolute atomic E-state index is 12.4. The predicted molar refractivity (Wildman–Crippen MR) is 105 cm³/mol. The number of thioether (sulfide) groups is 1. The van der Waals surface area contributed by atoms with Crippen molar-refractivity contribution >= 4 is 34.5 Å². The molecule has 2 unspecified atom stereocenters. The average Bonchev–Trinajstić information content (AvgIpc) is 2.64. The van der Waals surface area contributed by atoms with E-state index in [9.17, 15) is 19.5 Å². The number of rotatable bonds is 6. The molecule has 1 aromatic heterocycles. The number of H-pyrrole nitrogens is 1. The fraction of sp³-hybridized carbons (Fsp3) is 0.474. The first-order valence-electron chi connectivity index (χ1n) is 9.00. The SMILES string of the molecule is CC1CC(C(=O)O)CN(C(=O)CCSCc2nc3ccccc3c(=O)[nH]2)C1. The summed E-state index contributed by atoms with van der Waals surface area (Å²) >= 11 is 1.53. The summed E-state index contributed by atoms with van der Waals surface area (Å²) in [6, 6.07) is 7.18. The zero-order valence-corrected chi connectivity index (χ0v) is 16.0. The number of benzene rings is 1. The number of carbonyl (C=O) groups excluding carboxylic acids is 1. The molecule has 0 bridgehead atoms. The Morgan fingerprint density at radius 1 is 1.33 bits per heavy atom. The Balaban J connectivity index is 1.50. The molecule has 2 heterocycles. The third-order valence-corrected chi connectivity index (χ3v) is 5.69. The van der Waals surface area contributed by atoms with Crippen molar-refractivity contribution in [1.82, 2.24) is 14.9 Å². The number of carbonyl (C=O) groups is 2. The number of likely N-dealkylation sites (tertiary alicyclic amines) is 1. The number of piperidine rings is 1. The van der Waals surface area contributed by atoms with Gasteiger partial charge in [0, 0.05) is 25.3 Å². The minimum Gasteiger partial charge on any atom is -0.481 e. The molecule has 2 N–H and O–H groups in total. The average molecular weight is 389 g/mol. The molecule has 1 aliphatic heterocycles. The first kappa shape index (κ1) is 19.4. The van der Waals surface area contributed by atoms with Gasteiger partial charge in [-0.15, -0.1) is 0 Å². The van der Waals surface area contributed by atoms with Gasteiger partial charge in [0.05, 0.1) is 22.6 Å². The number of carboxylic acid groups (broad SMARTS) is 1. The highest BCUT2D eigenvalue weighted by molar-refractivity contribution is 7.98. The molecule has 1 saturated heterocycles. The van der Waals surface area contributed by atoms with E-state index in [1.807, 2.05) is 13.0 Å². The third-order valence-electron chi connectivity index (χ3n) is 4.72. The Kier molecular flexibility index (Phi) is 6.15. The van der Waals surface area contributed by atoms with E-state index in [0.717, 1.165) is 0 Å². The molecule has 0 aliphatic carbocycles. The van der Waals surface area contributed by atoms with Gasteiger partial charge in [-0.3, -0.25) is 14.4 Å². The molecule has 27 heavy (non-hydrogen) atoms. The molecule has 144 valence electrons. The van der Waals surface area contributed by atoms with Crippen molar-refractivity contribution in [2.24, 2.45) is 11.8 Å². The maximum atomic E-state index is 12.4. The Bertz CT molecular complexity index is 898. The van der Waals surface area contributed by atoms with Crippen molar-refractivity contribution in [1.29, 1.82) is 0 Å². The lowest BCUT2D eigenvalue weighted by molar-refractivity contribution is -0.146. The number of nitrogens with one attached hydrogen (secondary N) is 1. The molecule has 1 aromatic carbocycles. The molecule has 2 aromatic rings. The number of hydrogen-bond acceptors (Lipinski definition) is 5. The first-order valence-corrected chi connectivity index (χ1v) is 10.2. The molecule has 0 spiro atoms. The lowest BCUT2D eigenvalue weighted by atomic mass is 9.90. The van der Waals surface area contributed by atoms with Crippen LogP contribution in [0.25, 0.3) is 10.9 Å². The smallest absolute Gasteiger partial charge is 0.308 e. The second-order valence-corrected chi connectivity index (χ2v) is 8.11. The van der Waals surface area contributed by atoms with Crippen LogP contribution in [0, 0.1) is 11.8 Å². The zero-order chi connectivity index (χ0) is 19.4. The number of amides is 1. The summed E-state index contributed by atoms with van der Waals surface area (Å²) < 4.78 is 0. The van der Waals surface area contributed by atoms with Crippen molar-refractivity contribution in [3.63, 3.8) is 0 Å². The van der Waals surface area contributed by atoms with Gasteiger partial charge in [-0.25, -0.2) is 4.98 Å². The van der Waals surface area contributed by atoms with E-state index in [-0.39, 0.29) is 17.4 Å². The van der Waals surface area contributed by atoms with Crippen LogP contribution in [0.4, 0.5) is 0 Å². The molecular weight excluding hydrogens is 366 g/mol. The monoisotopic (exact) mass is 389 g/mol. The first-order chi connectivity index (χ1) is 12.9. The van der Waals surface area contributed by atoms with Gasteiger partial charge in [0.2, 0.25) is 5.91 Å². The maximum Gasteiger partial charge on any atom is 0.308 e. The highest BCUT2D eigenvalue weighted by Gasteiger charge is 2.31. The molecule has 1 fully saturated rings. The van der Waals surface area contributed by atoms with Gasteiger partial charge in [-0.1, -0.05) is 19.1 Å². The van der Waals surface area contributed by atoms with Gasteiger partial charge in [0.1, 0.15) is 5.82 Å². The van der Waals surface area contributed by atoms with Crippen molar-refractivity contribution in [3.05, 3.63) is 40.4 Å². The number of aliphatic carboxylic acids is 1. The Hall–Kier alpha value is -2.35. The minimum atomic E-state index is -0.833. The van der Waals surface area contributed by atoms with Crippen LogP contribution in [-0.4, -0.2) is 50.7 Å². The lowest BCUT2D eigenvalue weighted by Crippen LogP contribution is -2.45. The van der Waals surface area contributed by atoms with Crippen molar-refractivity contribution < 1.29 is 14.7 Å². The lowest BCUT2D eigenvalue weighted by Gasteiger charge is -2.34. The van der Waals surface area contributed by atoms with E-state index in [1.54, 1.807) is 23.1 Å². The van der Waals surface area contributed by atoms with Gasteiger partial charge < -0.3 is 15.0 Å². The Labute approximate surface area is 161 Å². The summed E-state index contributed by atoms with van der Waals surface area (Å²) in [5, 5.41) is 9.78. The number of hydrogen-bond donors (Lipinski definition) is 2. The summed E-state index contributed by atoms with van der Waals surface area (Å²) in [5.74, 6) is 0.578. The number of fused-ring (bicyclic) bond motifs is 1. The molecule has 0 radical (unpaired) electrons. The van der Waals surface area contributed by atoms with Gasteiger partial charge in [-0.05, 0) is 24.5 Å². The Morgan fingerprint density at radius 2 is 2.11 bits per heavy atom. The summed E-state index contributed by atoms with van der Waals surface area (Å²) in [5.41, 5.74) is 0.504. The van der Waals surface area contributed by atoms with Crippen LogP contribution in [0.5, 0.6) is 0 Å². The number of para-hydroxylation sites is 1. The molecule has 8 heteroatoms. The van der Waals surface area contributed by atoms with E-state index in [0.29, 0.717) is 54.2 Å². The number of nitrogens with zero attached hydrogens (tertiary/aromatic N) is 2. The van der Waals surface area contributed by atoms with Crippen molar-refractivity contribution in [2.45, 2.75) is 25.5 Å². The molecule has 7 nitrogen and oxygen atoms in total. The van der Waals surface area contributed by atoms with Crippen LogP contribution in [-0.2, 0) is 15.3 Å². The summed E-state index contributed by atoms with van der Waals surface area (Å²) in [7, 11) is 0. The fourth-order valence-corrected chi connectivity index (χ4v) is 4.22. The van der Waals surface area contributed by atoms with Crippen LogP contribution in [0.15, 0.2) is 29.1 Å². The van der Waals surface area contributed by atoms with Crippen LogP contribution in [0.1, 0.15) is 25.6 Å². The number of carboxylic acids is 1. The van der Waals surface area contributed by atoms with E-state index in [4.69, 9.17) is 0 Å². The zero-order valence-electron chi connectivity index (χ0n) is 15.2. The predicted octanol–water partition coefficient (Wildman–Crippen LogP) is 2.12. The van der Waals surface area contributed by atoms with E-state index in [2.05, 4.69) is 9.97 Å². The van der Waals surface area contributed by atoms with Gasteiger partial charge in [0.25, 0.3) is 5.56 Å². The van der Waals surface area contributed by atoms with Crippen LogP contribution in [0.3, 0.4) is 0 Å². The standard InChI is InChI=1S/C19H23N3O4S/c1-12-8-13(19(25)26)10-22(9-12)17(23)6-7-27-11-16-20-15-5-3-2-4-14(15)18(24)21-16/h2-5,12-13H,6-11H2,1H3,(H,25,26)(H,20,21,24). The van der Waals surface area contributed by atoms with E-state index < -0.39 is 11.9 Å². The quantitative estimate of drug-likeness (QED) is 0.734. The summed E-state index contributed by atoms with van der Waals surface area (Å²) in [4.78, 5) is 44.6. The third kappa shape index (κ3) is 4.88. The molecule has 0 saturated carbocycles. The molecule has 1 amide bonds. The highest BCUT2D eigenvalue weighted by Crippen LogP contribution is 2.23. The normalized spacial score (nSPS) is 20.0. The topological polar surface area (TPSA) is 103 Å². The van der Waals surface area contributed by atoms with Crippen molar-refractivity contribution in [2.75, 3.05) is 18.8 Å².